The lowest BCUT2D eigenvalue weighted by Gasteiger charge is -2.09. The van der Waals surface area contributed by atoms with E-state index in [-0.39, 0.29) is 5.57 Å². The highest BCUT2D eigenvalue weighted by Gasteiger charge is 2.12. The molecule has 0 spiro atoms. The van der Waals surface area contributed by atoms with Crippen LogP contribution < -0.4 is 4.74 Å². The van der Waals surface area contributed by atoms with Crippen LogP contribution in [-0.4, -0.2) is 11.1 Å². The molecular formula is C14H16O3. The van der Waals surface area contributed by atoms with Crippen LogP contribution in [0.1, 0.15) is 20.3 Å². The minimum atomic E-state index is -0.948. The summed E-state index contributed by atoms with van der Waals surface area (Å²) in [6.07, 6.45) is 3.85. The zero-order valence-electron chi connectivity index (χ0n) is 10.0. The molecule has 3 heteroatoms. The van der Waals surface area contributed by atoms with E-state index in [1.54, 1.807) is 31.2 Å². The number of rotatable bonds is 5. The maximum absolute atomic E-state index is 11.1. The molecule has 0 bridgehead atoms. The summed E-state index contributed by atoms with van der Waals surface area (Å²) in [5, 5.41) is 9.08. The van der Waals surface area contributed by atoms with E-state index in [4.69, 9.17) is 9.84 Å². The maximum atomic E-state index is 11.1. The predicted molar refractivity (Wildman–Crippen MR) is 66.8 cm³/mol. The molecule has 0 amide bonds. The molecule has 0 saturated carbocycles. The average Bonchev–Trinajstić information content (AvgIpc) is 2.31. The van der Waals surface area contributed by atoms with Crippen molar-refractivity contribution in [1.29, 1.82) is 0 Å². The number of carboxylic acids is 1. The van der Waals surface area contributed by atoms with E-state index < -0.39 is 5.97 Å². The second-order valence-electron chi connectivity index (χ2n) is 3.42. The summed E-state index contributed by atoms with van der Waals surface area (Å²) in [5.74, 6) is 0.0676. The quantitative estimate of drug-likeness (QED) is 0.481. The second-order valence-corrected chi connectivity index (χ2v) is 3.42. The first-order valence-electron chi connectivity index (χ1n) is 5.51. The molecule has 90 valence electrons. The van der Waals surface area contributed by atoms with Crippen LogP contribution in [0.3, 0.4) is 0 Å². The normalized spacial score (nSPS) is 12.4. The molecule has 1 aromatic rings. The Hall–Kier alpha value is -2.03. The highest BCUT2D eigenvalue weighted by atomic mass is 16.5. The van der Waals surface area contributed by atoms with Gasteiger partial charge in [-0.05, 0) is 31.6 Å². The van der Waals surface area contributed by atoms with E-state index in [9.17, 15) is 4.79 Å². The Morgan fingerprint density at radius 2 is 2.00 bits per heavy atom. The Labute approximate surface area is 101 Å². The number of hydrogen-bond acceptors (Lipinski definition) is 2. The number of hydrogen-bond donors (Lipinski definition) is 1. The van der Waals surface area contributed by atoms with Crippen molar-refractivity contribution >= 4 is 5.97 Å². The second kappa shape index (κ2) is 6.53. The highest BCUT2D eigenvalue weighted by molar-refractivity contribution is 5.87. The Kier molecular flexibility index (Phi) is 5.01. The minimum absolute atomic E-state index is 0.270. The molecule has 0 saturated heterocycles. The van der Waals surface area contributed by atoms with Crippen molar-refractivity contribution in [2.24, 2.45) is 0 Å². The summed E-state index contributed by atoms with van der Waals surface area (Å²) >= 11 is 0. The van der Waals surface area contributed by atoms with Crippen LogP contribution in [0.2, 0.25) is 0 Å². The molecule has 0 aliphatic rings. The number of aliphatic carboxylic acids is 1. The predicted octanol–water partition coefficient (Wildman–Crippen LogP) is 3.39. The lowest BCUT2D eigenvalue weighted by Crippen LogP contribution is -2.07. The van der Waals surface area contributed by atoms with Crippen molar-refractivity contribution in [3.8, 4) is 5.75 Å². The fourth-order valence-corrected chi connectivity index (χ4v) is 1.39. The van der Waals surface area contributed by atoms with E-state index >= 15 is 0 Å². The molecule has 0 atom stereocenters. The van der Waals surface area contributed by atoms with Gasteiger partial charge in [0.1, 0.15) is 11.5 Å². The molecule has 17 heavy (non-hydrogen) atoms. The van der Waals surface area contributed by atoms with Crippen molar-refractivity contribution in [2.45, 2.75) is 20.3 Å². The van der Waals surface area contributed by atoms with Crippen molar-refractivity contribution in [2.75, 3.05) is 0 Å². The topological polar surface area (TPSA) is 46.5 Å². The van der Waals surface area contributed by atoms with Crippen LogP contribution in [0, 0.1) is 0 Å². The van der Waals surface area contributed by atoms with Gasteiger partial charge in [-0.15, -0.1) is 0 Å². The number of benzene rings is 1. The van der Waals surface area contributed by atoms with Gasteiger partial charge in [-0.1, -0.05) is 31.2 Å². The number of ether oxygens (including phenoxy) is 1. The highest BCUT2D eigenvalue weighted by Crippen LogP contribution is 2.18. The maximum Gasteiger partial charge on any atom is 0.335 e. The molecule has 0 aliphatic carbocycles. The first-order chi connectivity index (χ1) is 8.19. The van der Waals surface area contributed by atoms with Crippen LogP contribution in [0.4, 0.5) is 0 Å². The molecule has 1 rings (SSSR count). The van der Waals surface area contributed by atoms with Gasteiger partial charge < -0.3 is 9.84 Å². The molecule has 0 aliphatic heterocycles. The molecule has 0 fully saturated rings. The van der Waals surface area contributed by atoms with Crippen LogP contribution >= 0.6 is 0 Å². The molecular weight excluding hydrogens is 216 g/mol. The van der Waals surface area contributed by atoms with Gasteiger partial charge in [-0.25, -0.2) is 4.79 Å². The third-order valence-electron chi connectivity index (χ3n) is 2.20. The Balaban J connectivity index is 3.06. The van der Waals surface area contributed by atoms with Crippen LogP contribution in [-0.2, 0) is 4.79 Å². The van der Waals surface area contributed by atoms with Crippen LogP contribution in [0.25, 0.3) is 0 Å². The van der Waals surface area contributed by atoms with E-state index in [0.717, 1.165) is 0 Å². The van der Waals surface area contributed by atoms with E-state index in [1.165, 1.54) is 0 Å². The number of carbonyl (C=O) groups is 1. The average molecular weight is 232 g/mol. The fraction of sp³-hybridized carbons (Fsp3) is 0.214. The van der Waals surface area contributed by atoms with E-state index in [2.05, 4.69) is 0 Å². The monoisotopic (exact) mass is 232 g/mol. The number of allylic oxidation sites excluding steroid dienone is 2. The molecule has 1 N–H and O–H groups in total. The SMILES string of the molecule is C/C=C\C(Oc1ccccc1)=C(/CC)C(=O)O. The number of carboxylic acid groups (broad SMARTS) is 1. The van der Waals surface area contributed by atoms with Gasteiger partial charge in [0.15, 0.2) is 0 Å². The zero-order valence-corrected chi connectivity index (χ0v) is 10.0. The Morgan fingerprint density at radius 1 is 1.35 bits per heavy atom. The minimum Gasteiger partial charge on any atom is -0.478 e. The first kappa shape index (κ1) is 13.0. The van der Waals surface area contributed by atoms with Gasteiger partial charge in [0, 0.05) is 0 Å². The van der Waals surface area contributed by atoms with E-state index in [1.807, 2.05) is 25.1 Å². The van der Waals surface area contributed by atoms with Crippen molar-refractivity contribution in [1.82, 2.24) is 0 Å². The lowest BCUT2D eigenvalue weighted by molar-refractivity contribution is -0.132. The van der Waals surface area contributed by atoms with Gasteiger partial charge >= 0.3 is 5.97 Å². The molecule has 0 heterocycles. The molecule has 0 aromatic heterocycles. The fourth-order valence-electron chi connectivity index (χ4n) is 1.39. The summed E-state index contributed by atoms with van der Waals surface area (Å²) in [4.78, 5) is 11.1. The van der Waals surface area contributed by atoms with Gasteiger partial charge in [0.2, 0.25) is 0 Å². The summed E-state index contributed by atoms with van der Waals surface area (Å²) in [6.45, 7) is 3.62. The summed E-state index contributed by atoms with van der Waals surface area (Å²) < 4.78 is 5.58. The Bertz CT molecular complexity index is 430. The smallest absolute Gasteiger partial charge is 0.335 e. The zero-order chi connectivity index (χ0) is 12.7. The molecule has 3 nitrogen and oxygen atoms in total. The van der Waals surface area contributed by atoms with Gasteiger partial charge in [-0.2, -0.15) is 0 Å². The van der Waals surface area contributed by atoms with Gasteiger partial charge in [0.05, 0.1) is 5.57 Å². The van der Waals surface area contributed by atoms with Crippen molar-refractivity contribution < 1.29 is 14.6 Å². The van der Waals surface area contributed by atoms with Gasteiger partial charge in [-0.3, -0.25) is 0 Å². The molecule has 1 aromatic carbocycles. The third kappa shape index (κ3) is 3.79. The lowest BCUT2D eigenvalue weighted by atomic mass is 10.1. The standard InChI is InChI=1S/C14H16O3/c1-3-8-13(12(4-2)14(15)16)17-11-9-6-5-7-10-11/h3,5-10H,4H2,1-2H3,(H,15,16)/b8-3-,13-12-. The molecule has 0 unspecified atom stereocenters. The molecule has 0 radical (unpaired) electrons. The van der Waals surface area contributed by atoms with Crippen molar-refractivity contribution in [3.05, 3.63) is 53.8 Å². The third-order valence-corrected chi connectivity index (χ3v) is 2.20. The van der Waals surface area contributed by atoms with E-state index in [0.29, 0.717) is 17.9 Å². The summed E-state index contributed by atoms with van der Waals surface area (Å²) in [6, 6.07) is 9.14. The number of para-hydroxylation sites is 1. The summed E-state index contributed by atoms with van der Waals surface area (Å²) in [5.41, 5.74) is 0.270. The first-order valence-corrected chi connectivity index (χ1v) is 5.51. The largest absolute Gasteiger partial charge is 0.478 e. The summed E-state index contributed by atoms with van der Waals surface area (Å²) in [7, 11) is 0. The van der Waals surface area contributed by atoms with Crippen molar-refractivity contribution in [3.63, 3.8) is 0 Å². The van der Waals surface area contributed by atoms with Gasteiger partial charge in [0.25, 0.3) is 0 Å². The van der Waals surface area contributed by atoms with Crippen LogP contribution in [0.5, 0.6) is 5.75 Å². The Morgan fingerprint density at radius 3 is 2.47 bits per heavy atom. The van der Waals surface area contributed by atoms with Crippen LogP contribution in [0.15, 0.2) is 53.8 Å².